The topological polar surface area (TPSA) is 65.8 Å². The van der Waals surface area contributed by atoms with Gasteiger partial charge in [0.1, 0.15) is 5.58 Å². The molecule has 1 aliphatic rings. The molecule has 0 radical (unpaired) electrons. The van der Waals surface area contributed by atoms with Crippen molar-refractivity contribution in [1.29, 1.82) is 0 Å². The van der Waals surface area contributed by atoms with Gasteiger partial charge in [0.15, 0.2) is 5.76 Å². The number of carbonyl (C=O) groups excluding carboxylic acids is 2. The number of rotatable bonds is 5. The first-order chi connectivity index (χ1) is 14.5. The molecule has 0 atom stereocenters. The zero-order valence-electron chi connectivity index (χ0n) is 17.4. The Bertz CT molecular complexity index is 998. The molecule has 0 spiro atoms. The highest BCUT2D eigenvalue weighted by Gasteiger charge is 2.21. The van der Waals surface area contributed by atoms with Crippen LogP contribution in [0, 0.1) is 5.92 Å². The summed E-state index contributed by atoms with van der Waals surface area (Å²) in [5.74, 6) is 0.657. The highest BCUT2D eigenvalue weighted by atomic mass is 16.3. The Kier molecular flexibility index (Phi) is 5.74. The molecule has 6 nitrogen and oxygen atoms in total. The Morgan fingerprint density at radius 3 is 2.37 bits per heavy atom. The predicted molar refractivity (Wildman–Crippen MR) is 119 cm³/mol. The maximum Gasteiger partial charge on any atom is 0.291 e. The van der Waals surface area contributed by atoms with Gasteiger partial charge in [-0.05, 0) is 42.3 Å². The Morgan fingerprint density at radius 1 is 1.00 bits per heavy atom. The van der Waals surface area contributed by atoms with Crippen molar-refractivity contribution in [1.82, 2.24) is 4.90 Å². The first-order valence-corrected chi connectivity index (χ1v) is 10.4. The van der Waals surface area contributed by atoms with Gasteiger partial charge in [0.05, 0.1) is 0 Å². The molecule has 0 saturated carbocycles. The predicted octanol–water partition coefficient (Wildman–Crippen LogP) is 4.38. The fourth-order valence-corrected chi connectivity index (χ4v) is 3.73. The van der Waals surface area contributed by atoms with Gasteiger partial charge in [-0.2, -0.15) is 0 Å². The molecule has 4 rings (SSSR count). The third-order valence-corrected chi connectivity index (χ3v) is 5.35. The van der Waals surface area contributed by atoms with Crippen LogP contribution in [0.5, 0.6) is 0 Å². The summed E-state index contributed by atoms with van der Waals surface area (Å²) in [4.78, 5) is 29.0. The van der Waals surface area contributed by atoms with Crippen molar-refractivity contribution in [2.24, 2.45) is 5.92 Å². The largest absolute Gasteiger partial charge is 0.451 e. The van der Waals surface area contributed by atoms with E-state index >= 15 is 0 Å². The number of nitrogens with zero attached hydrogens (tertiary/aromatic N) is 2. The smallest absolute Gasteiger partial charge is 0.291 e. The number of piperazine rings is 1. The molecule has 30 heavy (non-hydrogen) atoms. The van der Waals surface area contributed by atoms with Gasteiger partial charge in [0.25, 0.3) is 5.91 Å². The van der Waals surface area contributed by atoms with Gasteiger partial charge in [-0.25, -0.2) is 0 Å². The summed E-state index contributed by atoms with van der Waals surface area (Å²) in [6.45, 7) is 7.26. The molecular formula is C24H27N3O3. The average Bonchev–Trinajstić information content (AvgIpc) is 3.18. The minimum Gasteiger partial charge on any atom is -0.451 e. The Balaban J connectivity index is 1.34. The SMILES string of the molecule is CC(C)CC(=O)N1CCN(c2ccc(NC(=O)c3cc4ccccc4o3)cc2)CC1. The zero-order valence-corrected chi connectivity index (χ0v) is 17.4. The number of amides is 2. The van der Waals surface area contributed by atoms with E-state index in [-0.39, 0.29) is 11.8 Å². The van der Waals surface area contributed by atoms with Crippen LogP contribution in [0.2, 0.25) is 0 Å². The van der Waals surface area contributed by atoms with Crippen LogP contribution in [0.1, 0.15) is 30.8 Å². The van der Waals surface area contributed by atoms with E-state index in [2.05, 4.69) is 24.1 Å². The van der Waals surface area contributed by atoms with E-state index < -0.39 is 0 Å². The lowest BCUT2D eigenvalue weighted by molar-refractivity contribution is -0.132. The van der Waals surface area contributed by atoms with Crippen molar-refractivity contribution in [2.45, 2.75) is 20.3 Å². The molecule has 0 unspecified atom stereocenters. The Labute approximate surface area is 176 Å². The van der Waals surface area contributed by atoms with E-state index in [9.17, 15) is 9.59 Å². The van der Waals surface area contributed by atoms with Crippen LogP contribution in [-0.4, -0.2) is 42.9 Å². The number of anilines is 2. The normalized spacial score (nSPS) is 14.4. The van der Waals surface area contributed by atoms with Gasteiger partial charge in [-0.1, -0.05) is 32.0 Å². The van der Waals surface area contributed by atoms with Crippen LogP contribution in [0.4, 0.5) is 11.4 Å². The molecule has 1 saturated heterocycles. The van der Waals surface area contributed by atoms with Gasteiger partial charge in [-0.3, -0.25) is 9.59 Å². The van der Waals surface area contributed by atoms with Crippen LogP contribution >= 0.6 is 0 Å². The first kappa shape index (κ1) is 20.0. The van der Waals surface area contributed by atoms with E-state index in [1.165, 1.54) is 0 Å². The van der Waals surface area contributed by atoms with Gasteiger partial charge in [0.2, 0.25) is 5.91 Å². The molecule has 1 aromatic heterocycles. The van der Waals surface area contributed by atoms with E-state index in [1.807, 2.05) is 53.4 Å². The summed E-state index contributed by atoms with van der Waals surface area (Å²) in [5, 5.41) is 3.79. The number of furan rings is 1. The van der Waals surface area contributed by atoms with Crippen molar-refractivity contribution in [3.8, 4) is 0 Å². The number of carbonyl (C=O) groups is 2. The van der Waals surface area contributed by atoms with Crippen molar-refractivity contribution >= 4 is 34.2 Å². The quantitative estimate of drug-likeness (QED) is 0.684. The van der Waals surface area contributed by atoms with Gasteiger partial charge < -0.3 is 19.5 Å². The second-order valence-electron chi connectivity index (χ2n) is 8.12. The summed E-state index contributed by atoms with van der Waals surface area (Å²) < 4.78 is 5.62. The van der Waals surface area contributed by atoms with Crippen molar-refractivity contribution in [3.63, 3.8) is 0 Å². The number of hydrogen-bond donors (Lipinski definition) is 1. The van der Waals surface area contributed by atoms with Gasteiger partial charge in [-0.15, -0.1) is 0 Å². The van der Waals surface area contributed by atoms with Crippen molar-refractivity contribution in [3.05, 3.63) is 60.4 Å². The fraction of sp³-hybridized carbons (Fsp3) is 0.333. The summed E-state index contributed by atoms with van der Waals surface area (Å²) in [6.07, 6.45) is 0.611. The number of fused-ring (bicyclic) bond motifs is 1. The van der Waals surface area contributed by atoms with Crippen LogP contribution in [-0.2, 0) is 4.79 Å². The lowest BCUT2D eigenvalue weighted by Gasteiger charge is -2.36. The minimum atomic E-state index is -0.267. The molecule has 1 aliphatic heterocycles. The van der Waals surface area contributed by atoms with E-state index in [1.54, 1.807) is 6.07 Å². The molecular weight excluding hydrogens is 378 g/mol. The molecule has 156 valence electrons. The molecule has 0 bridgehead atoms. The summed E-state index contributed by atoms with van der Waals surface area (Å²) in [5.41, 5.74) is 2.51. The number of nitrogens with one attached hydrogen (secondary N) is 1. The number of benzene rings is 2. The highest BCUT2D eigenvalue weighted by Crippen LogP contribution is 2.22. The third-order valence-electron chi connectivity index (χ3n) is 5.35. The molecule has 6 heteroatoms. The van der Waals surface area contributed by atoms with E-state index in [0.717, 1.165) is 42.9 Å². The Morgan fingerprint density at radius 2 is 1.70 bits per heavy atom. The van der Waals surface area contributed by atoms with Gasteiger partial charge in [0, 0.05) is 49.4 Å². The van der Waals surface area contributed by atoms with Crippen LogP contribution in [0.15, 0.2) is 59.0 Å². The fourth-order valence-electron chi connectivity index (χ4n) is 3.73. The summed E-state index contributed by atoms with van der Waals surface area (Å²) in [7, 11) is 0. The molecule has 2 heterocycles. The molecule has 3 aromatic rings. The maximum absolute atomic E-state index is 12.5. The summed E-state index contributed by atoms with van der Waals surface area (Å²) in [6, 6.07) is 17.1. The second-order valence-corrected chi connectivity index (χ2v) is 8.12. The average molecular weight is 405 g/mol. The Hall–Kier alpha value is -3.28. The molecule has 1 fully saturated rings. The lowest BCUT2D eigenvalue weighted by Crippen LogP contribution is -2.49. The number of hydrogen-bond acceptors (Lipinski definition) is 4. The zero-order chi connectivity index (χ0) is 21.1. The van der Waals surface area contributed by atoms with Crippen molar-refractivity contribution in [2.75, 3.05) is 36.4 Å². The van der Waals surface area contributed by atoms with E-state index in [0.29, 0.717) is 23.7 Å². The van der Waals surface area contributed by atoms with Crippen LogP contribution in [0.25, 0.3) is 11.0 Å². The second kappa shape index (κ2) is 8.61. The monoisotopic (exact) mass is 405 g/mol. The lowest BCUT2D eigenvalue weighted by atomic mass is 10.1. The van der Waals surface area contributed by atoms with Crippen LogP contribution in [0.3, 0.4) is 0 Å². The van der Waals surface area contributed by atoms with E-state index in [4.69, 9.17) is 4.42 Å². The van der Waals surface area contributed by atoms with Crippen LogP contribution < -0.4 is 10.2 Å². The number of para-hydroxylation sites is 1. The highest BCUT2D eigenvalue weighted by molar-refractivity contribution is 6.04. The van der Waals surface area contributed by atoms with Gasteiger partial charge >= 0.3 is 0 Å². The first-order valence-electron chi connectivity index (χ1n) is 10.4. The standard InChI is InChI=1S/C24H27N3O3/c1-17(2)15-23(28)27-13-11-26(12-14-27)20-9-7-19(8-10-20)25-24(29)22-16-18-5-3-4-6-21(18)30-22/h3-10,16-17H,11-15H2,1-2H3,(H,25,29). The minimum absolute atomic E-state index is 0.244. The molecule has 2 amide bonds. The third kappa shape index (κ3) is 4.48. The summed E-state index contributed by atoms with van der Waals surface area (Å²) >= 11 is 0. The molecule has 1 N–H and O–H groups in total. The molecule has 0 aliphatic carbocycles. The molecule has 2 aromatic carbocycles. The van der Waals surface area contributed by atoms with Crippen molar-refractivity contribution < 1.29 is 14.0 Å². The maximum atomic E-state index is 12.5.